The Morgan fingerprint density at radius 1 is 1.00 bits per heavy atom. The molecule has 0 spiro atoms. The molecule has 0 aromatic heterocycles. The molecule has 82 valence electrons. The molecule has 0 bridgehead atoms. The molecule has 0 aliphatic carbocycles. The van der Waals surface area contributed by atoms with Crippen LogP contribution in [-0.2, 0) is 0 Å². The summed E-state index contributed by atoms with van der Waals surface area (Å²) in [6.07, 6.45) is -0.573. The summed E-state index contributed by atoms with van der Waals surface area (Å²) < 4.78 is 0.933. The summed E-state index contributed by atoms with van der Waals surface area (Å²) >= 11 is 3.45. The van der Waals surface area contributed by atoms with Gasteiger partial charge in [0.1, 0.15) is 6.10 Å². The van der Waals surface area contributed by atoms with Crippen molar-refractivity contribution in [3.05, 3.63) is 69.7 Å². The summed E-state index contributed by atoms with van der Waals surface area (Å²) in [4.78, 5) is 0. The highest BCUT2D eigenvalue weighted by Crippen LogP contribution is 2.28. The molecular weight excluding hydrogens is 264 g/mol. The Bertz CT molecular complexity index is 476. The van der Waals surface area contributed by atoms with Crippen molar-refractivity contribution in [2.45, 2.75) is 13.0 Å². The zero-order chi connectivity index (χ0) is 11.5. The van der Waals surface area contributed by atoms with Crippen molar-refractivity contribution < 1.29 is 5.11 Å². The van der Waals surface area contributed by atoms with Crippen molar-refractivity contribution in [1.82, 2.24) is 0 Å². The minimum absolute atomic E-state index is 0.573. The second kappa shape index (κ2) is 4.81. The van der Waals surface area contributed by atoms with Gasteiger partial charge in [0.2, 0.25) is 0 Å². The molecule has 1 nitrogen and oxygen atoms in total. The molecule has 0 unspecified atom stereocenters. The number of halogens is 1. The molecule has 0 fully saturated rings. The van der Waals surface area contributed by atoms with Crippen LogP contribution in [0.4, 0.5) is 0 Å². The van der Waals surface area contributed by atoms with Gasteiger partial charge in [0, 0.05) is 4.47 Å². The highest BCUT2D eigenvalue weighted by atomic mass is 79.9. The molecule has 2 aromatic rings. The molecule has 2 aromatic carbocycles. The zero-order valence-corrected chi connectivity index (χ0v) is 10.6. The Balaban J connectivity index is 2.35. The third-order valence-electron chi connectivity index (χ3n) is 2.59. The molecule has 2 heteroatoms. The van der Waals surface area contributed by atoms with Gasteiger partial charge in [0.15, 0.2) is 0 Å². The Morgan fingerprint density at radius 2 is 1.62 bits per heavy atom. The van der Waals surface area contributed by atoms with E-state index in [0.717, 1.165) is 15.6 Å². The highest BCUT2D eigenvalue weighted by molar-refractivity contribution is 9.10. The van der Waals surface area contributed by atoms with Crippen LogP contribution < -0.4 is 0 Å². The van der Waals surface area contributed by atoms with Crippen LogP contribution in [0.2, 0.25) is 0 Å². The van der Waals surface area contributed by atoms with E-state index in [1.54, 1.807) is 0 Å². The van der Waals surface area contributed by atoms with Gasteiger partial charge in [-0.1, -0.05) is 64.0 Å². The summed E-state index contributed by atoms with van der Waals surface area (Å²) in [6.45, 7) is 2.04. The lowest BCUT2D eigenvalue weighted by Gasteiger charge is -2.13. The molecular formula is C14H13BrO. The van der Waals surface area contributed by atoms with E-state index in [4.69, 9.17) is 0 Å². The maximum Gasteiger partial charge on any atom is 0.105 e. The topological polar surface area (TPSA) is 20.2 Å². The molecule has 0 saturated heterocycles. The molecule has 0 aliphatic rings. The summed E-state index contributed by atoms with van der Waals surface area (Å²) in [5, 5.41) is 10.2. The number of aliphatic hydroxyl groups is 1. The van der Waals surface area contributed by atoms with Gasteiger partial charge in [-0.15, -0.1) is 0 Å². The second-order valence-corrected chi connectivity index (χ2v) is 4.69. The Morgan fingerprint density at radius 3 is 2.25 bits per heavy atom. The van der Waals surface area contributed by atoms with Gasteiger partial charge < -0.3 is 5.11 Å². The van der Waals surface area contributed by atoms with Crippen molar-refractivity contribution in [3.63, 3.8) is 0 Å². The fraction of sp³-hybridized carbons (Fsp3) is 0.143. The average Bonchev–Trinajstić information content (AvgIpc) is 2.30. The van der Waals surface area contributed by atoms with E-state index < -0.39 is 6.10 Å². The Kier molecular flexibility index (Phi) is 3.42. The van der Waals surface area contributed by atoms with Crippen molar-refractivity contribution in [3.8, 4) is 0 Å². The number of rotatable bonds is 2. The van der Waals surface area contributed by atoms with Crippen molar-refractivity contribution >= 4 is 15.9 Å². The fourth-order valence-corrected chi connectivity index (χ4v) is 2.13. The molecule has 1 N–H and O–H groups in total. The maximum absolute atomic E-state index is 10.2. The largest absolute Gasteiger partial charge is 0.384 e. The van der Waals surface area contributed by atoms with Crippen LogP contribution in [0.25, 0.3) is 0 Å². The zero-order valence-electron chi connectivity index (χ0n) is 9.02. The first-order valence-electron chi connectivity index (χ1n) is 5.17. The predicted octanol–water partition coefficient (Wildman–Crippen LogP) is 3.84. The van der Waals surface area contributed by atoms with E-state index in [0.29, 0.717) is 0 Å². The lowest BCUT2D eigenvalue weighted by molar-refractivity contribution is 0.219. The minimum atomic E-state index is -0.573. The molecule has 0 heterocycles. The van der Waals surface area contributed by atoms with Crippen molar-refractivity contribution in [2.24, 2.45) is 0 Å². The number of benzene rings is 2. The molecule has 0 amide bonds. The Hall–Kier alpha value is -1.12. The fourth-order valence-electron chi connectivity index (χ4n) is 1.63. The minimum Gasteiger partial charge on any atom is -0.384 e. The first-order chi connectivity index (χ1) is 7.68. The lowest BCUT2D eigenvalue weighted by atomic mass is 10.0. The Labute approximate surface area is 104 Å². The quantitative estimate of drug-likeness (QED) is 0.884. The van der Waals surface area contributed by atoms with Gasteiger partial charge >= 0.3 is 0 Å². The molecule has 0 aliphatic heterocycles. The summed E-state index contributed by atoms with van der Waals surface area (Å²) in [5.74, 6) is 0. The smallest absolute Gasteiger partial charge is 0.105 e. The van der Waals surface area contributed by atoms with Crippen LogP contribution in [0.3, 0.4) is 0 Å². The third-order valence-corrected chi connectivity index (χ3v) is 3.32. The van der Waals surface area contributed by atoms with E-state index in [-0.39, 0.29) is 0 Å². The molecule has 16 heavy (non-hydrogen) atoms. The second-order valence-electron chi connectivity index (χ2n) is 3.83. The van der Waals surface area contributed by atoms with E-state index in [2.05, 4.69) is 15.9 Å². The van der Waals surface area contributed by atoms with Gasteiger partial charge in [-0.05, 0) is 24.1 Å². The molecule has 0 saturated carbocycles. The van der Waals surface area contributed by atoms with Crippen LogP contribution in [0.15, 0.2) is 53.0 Å². The third kappa shape index (κ3) is 2.34. The number of aryl methyl sites for hydroxylation is 1. The van der Waals surface area contributed by atoms with E-state index in [9.17, 15) is 5.11 Å². The van der Waals surface area contributed by atoms with Crippen LogP contribution >= 0.6 is 15.9 Å². The van der Waals surface area contributed by atoms with Crippen LogP contribution in [0.1, 0.15) is 22.8 Å². The normalized spacial score (nSPS) is 12.4. The lowest BCUT2D eigenvalue weighted by Crippen LogP contribution is -2.00. The van der Waals surface area contributed by atoms with Gasteiger partial charge in [-0.3, -0.25) is 0 Å². The van der Waals surface area contributed by atoms with E-state index >= 15 is 0 Å². The van der Waals surface area contributed by atoms with Crippen LogP contribution in [0, 0.1) is 6.92 Å². The highest BCUT2D eigenvalue weighted by Gasteiger charge is 2.12. The number of hydrogen-bond donors (Lipinski definition) is 1. The standard InChI is InChI=1S/C14H13BrO/c1-10-6-8-11(9-7-10)14(16)12-4-2-3-5-13(12)15/h2-9,14,16H,1H3/t14-/m1/s1. The first-order valence-corrected chi connectivity index (χ1v) is 5.97. The molecule has 0 radical (unpaired) electrons. The predicted molar refractivity (Wildman–Crippen MR) is 69.4 cm³/mol. The van der Waals surface area contributed by atoms with E-state index in [1.165, 1.54) is 5.56 Å². The van der Waals surface area contributed by atoms with Crippen molar-refractivity contribution in [2.75, 3.05) is 0 Å². The molecule has 1 atom stereocenters. The van der Waals surface area contributed by atoms with E-state index in [1.807, 2.05) is 55.5 Å². The molecule has 2 rings (SSSR count). The van der Waals surface area contributed by atoms with Crippen LogP contribution in [-0.4, -0.2) is 5.11 Å². The van der Waals surface area contributed by atoms with Crippen molar-refractivity contribution in [1.29, 1.82) is 0 Å². The van der Waals surface area contributed by atoms with Crippen LogP contribution in [0.5, 0.6) is 0 Å². The van der Waals surface area contributed by atoms with Gasteiger partial charge in [0.05, 0.1) is 0 Å². The first kappa shape index (κ1) is 11.4. The number of hydrogen-bond acceptors (Lipinski definition) is 1. The van der Waals surface area contributed by atoms with Gasteiger partial charge in [-0.2, -0.15) is 0 Å². The van der Waals surface area contributed by atoms with Gasteiger partial charge in [-0.25, -0.2) is 0 Å². The summed E-state index contributed by atoms with van der Waals surface area (Å²) in [7, 11) is 0. The SMILES string of the molecule is Cc1ccc([C@@H](O)c2ccccc2Br)cc1. The summed E-state index contributed by atoms with van der Waals surface area (Å²) in [6, 6.07) is 15.7. The number of aliphatic hydroxyl groups excluding tert-OH is 1. The monoisotopic (exact) mass is 276 g/mol. The maximum atomic E-state index is 10.2. The summed E-state index contributed by atoms with van der Waals surface area (Å²) in [5.41, 5.74) is 3.01. The van der Waals surface area contributed by atoms with Gasteiger partial charge in [0.25, 0.3) is 0 Å². The average molecular weight is 277 g/mol.